The second-order valence-electron chi connectivity index (χ2n) is 5.22. The molecule has 6 nitrogen and oxygen atoms in total. The molecule has 1 aromatic rings. The molecular formula is C14H21N3O3. The molecule has 6 heteroatoms. The summed E-state index contributed by atoms with van der Waals surface area (Å²) in [5, 5.41) is 2.81. The standard InChI is InChI=1S/C14H21N3O3/c1-10(2)12(14(19)17-6-8-20-9-7-17)16-13(18)11-4-3-5-15-11/h3-5,10,12,15H,6-9H2,1-2H3,(H,16,18). The Labute approximate surface area is 118 Å². The molecule has 0 radical (unpaired) electrons. The third-order valence-electron chi connectivity index (χ3n) is 3.38. The van der Waals surface area contributed by atoms with E-state index in [9.17, 15) is 9.59 Å². The lowest BCUT2D eigenvalue weighted by Gasteiger charge is -2.32. The van der Waals surface area contributed by atoms with Crippen LogP contribution in [0, 0.1) is 5.92 Å². The Morgan fingerprint density at radius 3 is 2.60 bits per heavy atom. The lowest BCUT2D eigenvalue weighted by Crippen LogP contribution is -2.53. The van der Waals surface area contributed by atoms with Gasteiger partial charge in [-0.15, -0.1) is 0 Å². The van der Waals surface area contributed by atoms with Crippen molar-refractivity contribution in [2.75, 3.05) is 26.3 Å². The summed E-state index contributed by atoms with van der Waals surface area (Å²) in [4.78, 5) is 29.2. The summed E-state index contributed by atoms with van der Waals surface area (Å²) in [6.45, 7) is 6.14. The van der Waals surface area contributed by atoms with Crippen molar-refractivity contribution in [2.24, 2.45) is 5.92 Å². The Balaban J connectivity index is 2.02. The number of nitrogens with one attached hydrogen (secondary N) is 2. The van der Waals surface area contributed by atoms with E-state index in [-0.39, 0.29) is 17.7 Å². The SMILES string of the molecule is CC(C)C(NC(=O)c1ccc[nH]1)C(=O)N1CCOCC1. The third-order valence-corrected chi connectivity index (χ3v) is 3.38. The molecule has 1 saturated heterocycles. The average molecular weight is 279 g/mol. The quantitative estimate of drug-likeness (QED) is 0.849. The van der Waals surface area contributed by atoms with Crippen molar-refractivity contribution in [3.63, 3.8) is 0 Å². The van der Waals surface area contributed by atoms with Gasteiger partial charge in [0.05, 0.1) is 13.2 Å². The summed E-state index contributed by atoms with van der Waals surface area (Å²) >= 11 is 0. The first-order valence-electron chi connectivity index (χ1n) is 6.90. The highest BCUT2D eigenvalue weighted by Crippen LogP contribution is 2.09. The van der Waals surface area contributed by atoms with E-state index in [0.717, 1.165) is 0 Å². The normalized spacial score (nSPS) is 17.1. The maximum atomic E-state index is 12.5. The van der Waals surface area contributed by atoms with Crippen molar-refractivity contribution in [1.29, 1.82) is 0 Å². The number of rotatable bonds is 4. The second kappa shape index (κ2) is 6.56. The zero-order valence-electron chi connectivity index (χ0n) is 11.9. The fourth-order valence-electron chi connectivity index (χ4n) is 2.18. The molecular weight excluding hydrogens is 258 g/mol. The van der Waals surface area contributed by atoms with Crippen molar-refractivity contribution in [1.82, 2.24) is 15.2 Å². The molecule has 2 amide bonds. The van der Waals surface area contributed by atoms with Crippen molar-refractivity contribution >= 4 is 11.8 Å². The van der Waals surface area contributed by atoms with Gasteiger partial charge in [-0.2, -0.15) is 0 Å². The van der Waals surface area contributed by atoms with Crippen LogP contribution in [-0.4, -0.2) is 54.0 Å². The molecule has 0 bridgehead atoms. The van der Waals surface area contributed by atoms with Gasteiger partial charge in [-0.1, -0.05) is 13.8 Å². The van der Waals surface area contributed by atoms with Gasteiger partial charge in [0.15, 0.2) is 0 Å². The Bertz CT molecular complexity index is 450. The van der Waals surface area contributed by atoms with E-state index in [2.05, 4.69) is 10.3 Å². The molecule has 1 aliphatic rings. The van der Waals surface area contributed by atoms with Gasteiger partial charge in [-0.3, -0.25) is 9.59 Å². The van der Waals surface area contributed by atoms with Crippen LogP contribution in [0.4, 0.5) is 0 Å². The van der Waals surface area contributed by atoms with Crippen molar-refractivity contribution < 1.29 is 14.3 Å². The van der Waals surface area contributed by atoms with Gasteiger partial charge in [0.1, 0.15) is 11.7 Å². The summed E-state index contributed by atoms with van der Waals surface area (Å²) in [6, 6.07) is 2.93. The van der Waals surface area contributed by atoms with E-state index in [1.165, 1.54) is 0 Å². The van der Waals surface area contributed by atoms with Crippen molar-refractivity contribution in [3.05, 3.63) is 24.0 Å². The molecule has 1 unspecified atom stereocenters. The maximum absolute atomic E-state index is 12.5. The molecule has 20 heavy (non-hydrogen) atoms. The van der Waals surface area contributed by atoms with Gasteiger partial charge in [0.2, 0.25) is 5.91 Å². The first-order valence-corrected chi connectivity index (χ1v) is 6.90. The molecule has 1 aromatic heterocycles. The van der Waals surface area contributed by atoms with E-state index >= 15 is 0 Å². The molecule has 0 aliphatic carbocycles. The summed E-state index contributed by atoms with van der Waals surface area (Å²) < 4.78 is 5.24. The number of morpholine rings is 1. The summed E-state index contributed by atoms with van der Waals surface area (Å²) in [7, 11) is 0. The average Bonchev–Trinajstić information content (AvgIpc) is 2.98. The zero-order valence-corrected chi connectivity index (χ0v) is 11.9. The molecule has 1 aliphatic heterocycles. The van der Waals surface area contributed by atoms with E-state index in [0.29, 0.717) is 32.0 Å². The molecule has 110 valence electrons. The molecule has 2 N–H and O–H groups in total. The number of carbonyl (C=O) groups excluding carboxylic acids is 2. The minimum Gasteiger partial charge on any atom is -0.378 e. The van der Waals surface area contributed by atoms with Crippen LogP contribution in [0.1, 0.15) is 24.3 Å². The molecule has 1 fully saturated rings. The van der Waals surface area contributed by atoms with Gasteiger partial charge in [-0.25, -0.2) is 0 Å². The maximum Gasteiger partial charge on any atom is 0.268 e. The number of ether oxygens (including phenoxy) is 1. The predicted octanol–water partition coefficient (Wildman–Crippen LogP) is 0.628. The predicted molar refractivity (Wildman–Crippen MR) is 74.3 cm³/mol. The first-order chi connectivity index (χ1) is 9.59. The molecule has 0 saturated carbocycles. The lowest BCUT2D eigenvalue weighted by atomic mass is 10.0. The monoisotopic (exact) mass is 279 g/mol. The number of hydrogen-bond donors (Lipinski definition) is 2. The lowest BCUT2D eigenvalue weighted by molar-refractivity contribution is -0.138. The van der Waals surface area contributed by atoms with Crippen LogP contribution in [0.3, 0.4) is 0 Å². The summed E-state index contributed by atoms with van der Waals surface area (Å²) in [6.07, 6.45) is 1.68. The van der Waals surface area contributed by atoms with Crippen LogP contribution in [0.25, 0.3) is 0 Å². The van der Waals surface area contributed by atoms with Crippen LogP contribution in [0.2, 0.25) is 0 Å². The fourth-order valence-corrected chi connectivity index (χ4v) is 2.18. The van der Waals surface area contributed by atoms with Gasteiger partial charge < -0.3 is 19.9 Å². The molecule has 2 rings (SSSR count). The number of carbonyl (C=O) groups is 2. The largest absolute Gasteiger partial charge is 0.378 e. The Morgan fingerprint density at radius 1 is 1.35 bits per heavy atom. The highest BCUT2D eigenvalue weighted by atomic mass is 16.5. The topological polar surface area (TPSA) is 74.4 Å². The van der Waals surface area contributed by atoms with E-state index < -0.39 is 6.04 Å². The second-order valence-corrected chi connectivity index (χ2v) is 5.22. The highest BCUT2D eigenvalue weighted by molar-refractivity contribution is 5.96. The third kappa shape index (κ3) is 3.39. The molecule has 0 spiro atoms. The Hall–Kier alpha value is -1.82. The van der Waals surface area contributed by atoms with Crippen LogP contribution >= 0.6 is 0 Å². The minimum absolute atomic E-state index is 0.0317. The number of nitrogens with zero attached hydrogens (tertiary/aromatic N) is 1. The van der Waals surface area contributed by atoms with Crippen LogP contribution in [0.5, 0.6) is 0 Å². The van der Waals surface area contributed by atoms with Gasteiger partial charge in [0.25, 0.3) is 5.91 Å². The number of H-pyrrole nitrogens is 1. The smallest absolute Gasteiger partial charge is 0.268 e. The van der Waals surface area contributed by atoms with Crippen molar-refractivity contribution in [3.8, 4) is 0 Å². The van der Waals surface area contributed by atoms with E-state index in [1.807, 2.05) is 13.8 Å². The Kier molecular flexibility index (Phi) is 4.79. The van der Waals surface area contributed by atoms with E-state index in [1.54, 1.807) is 23.2 Å². The van der Waals surface area contributed by atoms with Crippen molar-refractivity contribution in [2.45, 2.75) is 19.9 Å². The molecule has 1 atom stereocenters. The van der Waals surface area contributed by atoms with E-state index in [4.69, 9.17) is 4.74 Å². The highest BCUT2D eigenvalue weighted by Gasteiger charge is 2.29. The van der Waals surface area contributed by atoms with Crippen LogP contribution < -0.4 is 5.32 Å². The minimum atomic E-state index is -0.510. The number of aromatic amines is 1. The number of hydrogen-bond acceptors (Lipinski definition) is 3. The van der Waals surface area contributed by atoms with Gasteiger partial charge in [0, 0.05) is 19.3 Å². The molecule has 0 aromatic carbocycles. The summed E-state index contributed by atoms with van der Waals surface area (Å²) in [5.74, 6) is -0.261. The zero-order chi connectivity index (χ0) is 14.5. The summed E-state index contributed by atoms with van der Waals surface area (Å²) in [5.41, 5.74) is 0.463. The van der Waals surface area contributed by atoms with Gasteiger partial charge >= 0.3 is 0 Å². The van der Waals surface area contributed by atoms with Gasteiger partial charge in [-0.05, 0) is 18.1 Å². The van der Waals surface area contributed by atoms with Crippen LogP contribution in [0.15, 0.2) is 18.3 Å². The number of amides is 2. The van der Waals surface area contributed by atoms with Crippen LogP contribution in [-0.2, 0) is 9.53 Å². The first kappa shape index (κ1) is 14.6. The number of aromatic nitrogens is 1. The molecule has 2 heterocycles. The fraction of sp³-hybridized carbons (Fsp3) is 0.571. The Morgan fingerprint density at radius 2 is 2.05 bits per heavy atom.